The van der Waals surface area contributed by atoms with Gasteiger partial charge in [-0.2, -0.15) is 4.31 Å². The first-order valence-corrected chi connectivity index (χ1v) is 7.43. The third-order valence-electron chi connectivity index (χ3n) is 3.02. The van der Waals surface area contributed by atoms with E-state index in [1.165, 1.54) is 7.05 Å². The number of nitrogens with one attached hydrogen (secondary N) is 1. The molecule has 0 aliphatic carbocycles. The fraction of sp³-hybridized carbons (Fsp3) is 0.900. The number of hydrogen-bond acceptors (Lipinski definition) is 4. The van der Waals surface area contributed by atoms with Crippen LogP contribution in [0.2, 0.25) is 0 Å². The lowest BCUT2D eigenvalue weighted by Crippen LogP contribution is -2.54. The second kappa shape index (κ2) is 7.28. The molecular weight excluding hydrogens is 278 g/mol. The number of sulfonamides is 1. The summed E-state index contributed by atoms with van der Waals surface area (Å²) in [6, 6.07) is 0.119. The number of hydrogen-bond donors (Lipinski definition) is 1. The SMILES string of the molecule is CCS(=O)(=O)N(C)CC(=O)N1CCNC[C@@H]1C.Cl. The highest BCUT2D eigenvalue weighted by Crippen LogP contribution is 2.05. The fourth-order valence-electron chi connectivity index (χ4n) is 1.81. The zero-order chi connectivity index (χ0) is 13.1. The highest BCUT2D eigenvalue weighted by molar-refractivity contribution is 7.89. The molecule has 8 heteroatoms. The molecule has 1 heterocycles. The summed E-state index contributed by atoms with van der Waals surface area (Å²) in [5.41, 5.74) is 0. The predicted octanol–water partition coefficient (Wildman–Crippen LogP) is -0.490. The molecule has 108 valence electrons. The molecule has 6 nitrogen and oxygen atoms in total. The van der Waals surface area contributed by atoms with Gasteiger partial charge in [-0.25, -0.2) is 8.42 Å². The van der Waals surface area contributed by atoms with Crippen LogP contribution in [-0.4, -0.2) is 68.6 Å². The van der Waals surface area contributed by atoms with E-state index in [0.717, 1.165) is 17.4 Å². The average Bonchev–Trinajstić information content (AvgIpc) is 2.29. The van der Waals surface area contributed by atoms with E-state index >= 15 is 0 Å². The molecule has 0 aromatic rings. The standard InChI is InChI=1S/C10H21N3O3S.ClH/c1-4-17(15,16)12(3)8-10(14)13-6-5-11-7-9(13)2;/h9,11H,4-8H2,1-3H3;1H/t9-;/m0./s1. The second-order valence-electron chi connectivity index (χ2n) is 4.30. The molecule has 0 aromatic carbocycles. The summed E-state index contributed by atoms with van der Waals surface area (Å²) < 4.78 is 24.2. The van der Waals surface area contributed by atoms with Gasteiger partial charge in [-0.1, -0.05) is 0 Å². The van der Waals surface area contributed by atoms with E-state index in [9.17, 15) is 13.2 Å². The molecule has 1 rings (SSSR count). The van der Waals surface area contributed by atoms with E-state index < -0.39 is 10.0 Å². The summed E-state index contributed by atoms with van der Waals surface area (Å²) in [7, 11) is -1.83. The van der Waals surface area contributed by atoms with E-state index in [0.29, 0.717) is 6.54 Å². The number of halogens is 1. The van der Waals surface area contributed by atoms with Gasteiger partial charge >= 0.3 is 0 Å². The lowest BCUT2D eigenvalue weighted by molar-refractivity contribution is -0.133. The van der Waals surface area contributed by atoms with Crippen LogP contribution >= 0.6 is 12.4 Å². The van der Waals surface area contributed by atoms with Crippen LogP contribution in [0.3, 0.4) is 0 Å². The first-order valence-electron chi connectivity index (χ1n) is 5.82. The predicted molar refractivity (Wildman–Crippen MR) is 73.4 cm³/mol. The van der Waals surface area contributed by atoms with Gasteiger partial charge < -0.3 is 10.2 Å². The van der Waals surface area contributed by atoms with Gasteiger partial charge in [0.2, 0.25) is 15.9 Å². The zero-order valence-electron chi connectivity index (χ0n) is 11.0. The van der Waals surface area contributed by atoms with Gasteiger partial charge in [0, 0.05) is 32.7 Å². The molecule has 1 amide bonds. The normalized spacial score (nSPS) is 20.7. The molecule has 0 unspecified atom stereocenters. The van der Waals surface area contributed by atoms with E-state index in [2.05, 4.69) is 5.32 Å². The van der Waals surface area contributed by atoms with Crippen LogP contribution in [0.15, 0.2) is 0 Å². The number of rotatable bonds is 4. The van der Waals surface area contributed by atoms with Gasteiger partial charge in [-0.15, -0.1) is 12.4 Å². The summed E-state index contributed by atoms with van der Waals surface area (Å²) in [5.74, 6) is -0.105. The molecule has 1 saturated heterocycles. The molecule has 18 heavy (non-hydrogen) atoms. The van der Waals surface area contributed by atoms with Crippen LogP contribution in [0.5, 0.6) is 0 Å². The summed E-state index contributed by atoms with van der Waals surface area (Å²) >= 11 is 0. The Morgan fingerprint density at radius 1 is 1.50 bits per heavy atom. The van der Waals surface area contributed by atoms with Crippen molar-refractivity contribution >= 4 is 28.3 Å². The van der Waals surface area contributed by atoms with E-state index in [-0.39, 0.29) is 36.7 Å². The molecule has 1 aliphatic heterocycles. The summed E-state index contributed by atoms with van der Waals surface area (Å²) in [6.45, 7) is 5.62. The van der Waals surface area contributed by atoms with Crippen LogP contribution < -0.4 is 5.32 Å². The minimum atomic E-state index is -3.28. The Kier molecular flexibility index (Phi) is 7.13. The second-order valence-corrected chi connectivity index (χ2v) is 6.66. The van der Waals surface area contributed by atoms with Gasteiger partial charge in [-0.3, -0.25) is 4.79 Å². The van der Waals surface area contributed by atoms with Crippen molar-refractivity contribution in [2.45, 2.75) is 19.9 Å². The maximum absolute atomic E-state index is 12.0. The number of nitrogens with zero attached hydrogens (tertiary/aromatic N) is 2. The van der Waals surface area contributed by atoms with Crippen LogP contribution in [0.25, 0.3) is 0 Å². The Morgan fingerprint density at radius 2 is 2.11 bits per heavy atom. The first kappa shape index (κ1) is 17.6. The molecule has 1 aliphatic rings. The quantitative estimate of drug-likeness (QED) is 0.760. The number of carbonyl (C=O) groups excluding carboxylic acids is 1. The van der Waals surface area contributed by atoms with Crippen molar-refractivity contribution in [2.75, 3.05) is 39.0 Å². The van der Waals surface area contributed by atoms with Crippen molar-refractivity contribution < 1.29 is 13.2 Å². The smallest absolute Gasteiger partial charge is 0.238 e. The maximum Gasteiger partial charge on any atom is 0.238 e. The fourth-order valence-corrected chi connectivity index (χ4v) is 2.56. The first-order chi connectivity index (χ1) is 7.88. The topological polar surface area (TPSA) is 69.7 Å². The number of amides is 1. The summed E-state index contributed by atoms with van der Waals surface area (Å²) in [5, 5.41) is 3.19. The van der Waals surface area contributed by atoms with Crippen molar-refractivity contribution in [1.82, 2.24) is 14.5 Å². The Balaban J connectivity index is 0.00000289. The maximum atomic E-state index is 12.0. The summed E-state index contributed by atoms with van der Waals surface area (Å²) in [6.07, 6.45) is 0. The lowest BCUT2D eigenvalue weighted by atomic mass is 10.2. The molecule has 0 saturated carbocycles. The minimum absolute atomic E-state index is 0. The third kappa shape index (κ3) is 4.38. The molecule has 1 atom stereocenters. The van der Waals surface area contributed by atoms with Crippen LogP contribution in [-0.2, 0) is 14.8 Å². The Hall–Kier alpha value is -0.370. The Bertz CT molecular complexity index is 375. The van der Waals surface area contributed by atoms with Crippen molar-refractivity contribution in [3.05, 3.63) is 0 Å². The van der Waals surface area contributed by atoms with Gasteiger partial charge in [-0.05, 0) is 13.8 Å². The largest absolute Gasteiger partial charge is 0.336 e. The van der Waals surface area contributed by atoms with Gasteiger partial charge in [0.15, 0.2) is 0 Å². The van der Waals surface area contributed by atoms with Crippen molar-refractivity contribution in [3.63, 3.8) is 0 Å². The van der Waals surface area contributed by atoms with Crippen LogP contribution in [0.4, 0.5) is 0 Å². The van der Waals surface area contributed by atoms with Gasteiger partial charge in [0.05, 0.1) is 12.3 Å². The van der Waals surface area contributed by atoms with Crippen molar-refractivity contribution in [1.29, 1.82) is 0 Å². The van der Waals surface area contributed by atoms with Crippen LogP contribution in [0.1, 0.15) is 13.8 Å². The van der Waals surface area contributed by atoms with Gasteiger partial charge in [0.1, 0.15) is 0 Å². The molecule has 0 aromatic heterocycles. The molecule has 0 spiro atoms. The monoisotopic (exact) mass is 299 g/mol. The minimum Gasteiger partial charge on any atom is -0.336 e. The average molecular weight is 300 g/mol. The Labute approximate surface area is 115 Å². The Morgan fingerprint density at radius 3 is 2.61 bits per heavy atom. The number of piperazine rings is 1. The summed E-state index contributed by atoms with van der Waals surface area (Å²) in [4.78, 5) is 13.7. The molecule has 0 bridgehead atoms. The van der Waals surface area contributed by atoms with E-state index in [1.807, 2.05) is 6.92 Å². The lowest BCUT2D eigenvalue weighted by Gasteiger charge is -2.34. The van der Waals surface area contributed by atoms with Gasteiger partial charge in [0.25, 0.3) is 0 Å². The van der Waals surface area contributed by atoms with Crippen molar-refractivity contribution in [2.24, 2.45) is 0 Å². The van der Waals surface area contributed by atoms with E-state index in [4.69, 9.17) is 0 Å². The zero-order valence-corrected chi connectivity index (χ0v) is 12.7. The number of likely N-dealkylation sites (N-methyl/N-ethyl adjacent to an activating group) is 1. The third-order valence-corrected chi connectivity index (χ3v) is 4.83. The van der Waals surface area contributed by atoms with Crippen molar-refractivity contribution in [3.8, 4) is 0 Å². The molecule has 1 N–H and O–H groups in total. The molecule has 1 fully saturated rings. The highest BCUT2D eigenvalue weighted by atomic mass is 35.5. The molecule has 0 radical (unpaired) electrons. The number of carbonyl (C=O) groups is 1. The van der Waals surface area contributed by atoms with E-state index in [1.54, 1.807) is 11.8 Å². The molecular formula is C10H22ClN3O3S. The van der Waals surface area contributed by atoms with Crippen LogP contribution in [0, 0.1) is 0 Å². The highest BCUT2D eigenvalue weighted by Gasteiger charge is 2.26.